The second-order valence-corrected chi connectivity index (χ2v) is 1.01. The molecule has 0 aliphatic carbocycles. The highest BCUT2D eigenvalue weighted by Gasteiger charge is 2.01. The molecule has 0 aromatic rings. The van der Waals surface area contributed by atoms with Gasteiger partial charge in [0.05, 0.1) is 0 Å². The molecule has 0 radical (unpaired) electrons. The molecular weight excluding hydrogens is 115 g/mol. The number of aliphatic hydroxyl groups is 1. The Hall–Kier alpha value is -0.640. The van der Waals surface area contributed by atoms with Crippen molar-refractivity contribution in [3.8, 4) is 0 Å². The Morgan fingerprint density at radius 2 is 1.75 bits per heavy atom. The number of hydrogen-bond donors (Lipinski definition) is 2. The van der Waals surface area contributed by atoms with Gasteiger partial charge in [0.25, 0.3) is 0 Å². The van der Waals surface area contributed by atoms with Crippen LogP contribution in [0.3, 0.4) is 0 Å². The highest BCUT2D eigenvalue weighted by atomic mass is 19.0. The molecule has 0 aliphatic rings. The van der Waals surface area contributed by atoms with E-state index in [1.165, 1.54) is 6.92 Å². The van der Waals surface area contributed by atoms with Gasteiger partial charge in [-0.15, -0.1) is 0 Å². The summed E-state index contributed by atoms with van der Waals surface area (Å²) in [6, 6.07) is 0. The summed E-state index contributed by atoms with van der Waals surface area (Å²) in [6.45, 7) is 1.20. The number of carbonyl (C=O) groups is 1. The normalized spacial score (nSPS) is 10.2. The van der Waals surface area contributed by atoms with Crippen LogP contribution in [0.5, 0.6) is 0 Å². The van der Waals surface area contributed by atoms with E-state index in [0.29, 0.717) is 0 Å². The molecule has 0 aromatic heterocycles. The number of carboxylic acids is 1. The fourth-order valence-corrected chi connectivity index (χ4v) is 0. The van der Waals surface area contributed by atoms with Gasteiger partial charge in [0.2, 0.25) is 0 Å². The molecule has 4 heteroatoms. The maximum absolute atomic E-state index is 9.45. The molecular formula is C4H11FO3. The summed E-state index contributed by atoms with van der Waals surface area (Å²) in [6.07, 6.45) is -1.23. The first-order valence-electron chi connectivity index (χ1n) is 1.55. The van der Waals surface area contributed by atoms with E-state index in [4.69, 9.17) is 10.2 Å². The zero-order valence-corrected chi connectivity index (χ0v) is 3.79. The topological polar surface area (TPSA) is 57.5 Å². The molecule has 0 rings (SSSR count). The van der Waals surface area contributed by atoms with Crippen molar-refractivity contribution in [1.82, 2.24) is 0 Å². The van der Waals surface area contributed by atoms with E-state index in [-0.39, 0.29) is 12.1 Å². The number of carboxylic acid groups (broad SMARTS) is 1. The molecule has 0 bridgehead atoms. The van der Waals surface area contributed by atoms with Crippen molar-refractivity contribution in [2.75, 3.05) is 0 Å². The molecule has 2 N–H and O–H groups in total. The average Bonchev–Trinajstić information content (AvgIpc) is 1.36. The van der Waals surface area contributed by atoms with Crippen LogP contribution in [0.4, 0.5) is 4.70 Å². The first-order chi connectivity index (χ1) is 2.64. The number of rotatable bonds is 1. The van der Waals surface area contributed by atoms with E-state index in [1.54, 1.807) is 0 Å². The van der Waals surface area contributed by atoms with Crippen LogP contribution in [0.1, 0.15) is 14.4 Å². The number of aliphatic carboxylic acids is 1. The third-order valence-electron chi connectivity index (χ3n) is 0.357. The Kier molecular flexibility index (Phi) is 12.5. The van der Waals surface area contributed by atoms with Gasteiger partial charge in [-0.25, -0.2) is 4.79 Å². The molecule has 0 amide bonds. The molecule has 0 spiro atoms. The lowest BCUT2D eigenvalue weighted by Crippen LogP contribution is -2.13. The molecule has 0 aliphatic heterocycles. The standard InChI is InChI=1S/C3H6O3.CH4.FH/c1-2(4)3(5)6;;/h2,4H,1H3,(H,5,6);1H4;1H. The van der Waals surface area contributed by atoms with Crippen molar-refractivity contribution >= 4 is 5.97 Å². The minimum atomic E-state index is -1.23. The van der Waals surface area contributed by atoms with Crippen molar-refractivity contribution in [3.05, 3.63) is 0 Å². The van der Waals surface area contributed by atoms with Crippen LogP contribution in [-0.4, -0.2) is 22.3 Å². The van der Waals surface area contributed by atoms with Gasteiger partial charge in [0.15, 0.2) is 0 Å². The average molecular weight is 126 g/mol. The van der Waals surface area contributed by atoms with Gasteiger partial charge in [0.1, 0.15) is 6.10 Å². The van der Waals surface area contributed by atoms with Crippen LogP contribution in [0.2, 0.25) is 0 Å². The molecule has 0 fully saturated rings. The summed E-state index contributed by atoms with van der Waals surface area (Å²) in [5, 5.41) is 15.8. The molecule has 8 heavy (non-hydrogen) atoms. The van der Waals surface area contributed by atoms with E-state index in [9.17, 15) is 4.79 Å². The van der Waals surface area contributed by atoms with Crippen molar-refractivity contribution in [1.29, 1.82) is 0 Å². The Bertz CT molecular complexity index is 62.3. The lowest BCUT2D eigenvalue weighted by Gasteiger charge is -1.89. The van der Waals surface area contributed by atoms with E-state index in [0.717, 1.165) is 0 Å². The molecule has 0 aromatic carbocycles. The Balaban J connectivity index is -0.000000125. The molecule has 1 atom stereocenters. The number of hydrogen-bond acceptors (Lipinski definition) is 2. The van der Waals surface area contributed by atoms with Gasteiger partial charge in [0, 0.05) is 0 Å². The first-order valence-corrected chi connectivity index (χ1v) is 1.55. The quantitative estimate of drug-likeness (QED) is 0.529. The Labute approximate surface area is 47.3 Å². The van der Waals surface area contributed by atoms with Gasteiger partial charge in [-0.05, 0) is 6.92 Å². The van der Waals surface area contributed by atoms with Crippen molar-refractivity contribution in [3.63, 3.8) is 0 Å². The summed E-state index contributed by atoms with van der Waals surface area (Å²) in [5.41, 5.74) is 0. The van der Waals surface area contributed by atoms with Crippen molar-refractivity contribution in [2.24, 2.45) is 0 Å². The zero-order valence-electron chi connectivity index (χ0n) is 3.79. The fourth-order valence-electron chi connectivity index (χ4n) is 0. The van der Waals surface area contributed by atoms with Crippen LogP contribution < -0.4 is 0 Å². The van der Waals surface area contributed by atoms with E-state index < -0.39 is 12.1 Å². The minimum absolute atomic E-state index is 0. The summed E-state index contributed by atoms with van der Waals surface area (Å²) < 4.78 is 0. The Morgan fingerprint density at radius 1 is 1.62 bits per heavy atom. The molecule has 0 saturated heterocycles. The van der Waals surface area contributed by atoms with Crippen LogP contribution >= 0.6 is 0 Å². The predicted octanol–water partition coefficient (Wildman–Crippen LogP) is 0.240. The van der Waals surface area contributed by atoms with Crippen LogP contribution in [0, 0.1) is 0 Å². The SMILES string of the molecule is C.CC(O)C(=O)O.F. The van der Waals surface area contributed by atoms with Crippen LogP contribution in [0.15, 0.2) is 0 Å². The van der Waals surface area contributed by atoms with Crippen LogP contribution in [-0.2, 0) is 4.79 Å². The van der Waals surface area contributed by atoms with Gasteiger partial charge in [-0.3, -0.25) is 4.70 Å². The lowest BCUT2D eigenvalue weighted by molar-refractivity contribution is -0.145. The van der Waals surface area contributed by atoms with E-state index in [1.807, 2.05) is 0 Å². The monoisotopic (exact) mass is 126 g/mol. The largest absolute Gasteiger partial charge is 0.479 e. The summed E-state index contributed by atoms with van der Waals surface area (Å²) in [4.78, 5) is 9.45. The molecule has 3 nitrogen and oxygen atoms in total. The molecule has 0 saturated carbocycles. The first kappa shape index (κ1) is 15.7. The minimum Gasteiger partial charge on any atom is -0.479 e. The molecule has 52 valence electrons. The van der Waals surface area contributed by atoms with E-state index >= 15 is 0 Å². The second-order valence-electron chi connectivity index (χ2n) is 1.01. The predicted molar refractivity (Wildman–Crippen MR) is 28.6 cm³/mol. The summed E-state index contributed by atoms with van der Waals surface area (Å²) >= 11 is 0. The summed E-state index contributed by atoms with van der Waals surface area (Å²) in [7, 11) is 0. The number of halogens is 1. The molecule has 1 unspecified atom stereocenters. The fraction of sp³-hybridized carbons (Fsp3) is 0.750. The van der Waals surface area contributed by atoms with Crippen LogP contribution in [0.25, 0.3) is 0 Å². The highest BCUT2D eigenvalue weighted by Crippen LogP contribution is 1.73. The Morgan fingerprint density at radius 3 is 1.75 bits per heavy atom. The highest BCUT2D eigenvalue weighted by molar-refractivity contribution is 5.71. The maximum Gasteiger partial charge on any atom is 0.332 e. The third kappa shape index (κ3) is 9.03. The van der Waals surface area contributed by atoms with Crippen molar-refractivity contribution in [2.45, 2.75) is 20.5 Å². The smallest absolute Gasteiger partial charge is 0.332 e. The van der Waals surface area contributed by atoms with Gasteiger partial charge in [-0.2, -0.15) is 0 Å². The van der Waals surface area contributed by atoms with Gasteiger partial charge in [-0.1, -0.05) is 7.43 Å². The van der Waals surface area contributed by atoms with Gasteiger partial charge < -0.3 is 10.2 Å². The zero-order chi connectivity index (χ0) is 5.15. The summed E-state index contributed by atoms with van der Waals surface area (Å²) in [5.74, 6) is -1.19. The van der Waals surface area contributed by atoms with E-state index in [2.05, 4.69) is 0 Å². The number of aliphatic hydroxyl groups excluding tert-OH is 1. The third-order valence-corrected chi connectivity index (χ3v) is 0.357. The molecule has 0 heterocycles. The second kappa shape index (κ2) is 6.36. The maximum atomic E-state index is 9.45. The van der Waals surface area contributed by atoms with Gasteiger partial charge >= 0.3 is 5.97 Å². The van der Waals surface area contributed by atoms with Crippen molar-refractivity contribution < 1.29 is 19.7 Å². The lowest BCUT2D eigenvalue weighted by atomic mass is 10.4.